The van der Waals surface area contributed by atoms with Gasteiger partial charge in [0, 0.05) is 0 Å². The van der Waals surface area contributed by atoms with Gasteiger partial charge in [-0.1, -0.05) is 36.4 Å². The highest BCUT2D eigenvalue weighted by molar-refractivity contribution is 7.37. The van der Waals surface area contributed by atoms with Crippen molar-refractivity contribution in [1.82, 2.24) is 0 Å². The van der Waals surface area contributed by atoms with Gasteiger partial charge in [0.15, 0.2) is 0 Å². The maximum Gasteiger partial charge on any atom is -0.00978 e. The predicted molar refractivity (Wildman–Crippen MR) is 53.5 cm³/mol. The summed E-state index contributed by atoms with van der Waals surface area (Å²) in [5.74, 6) is 0. The van der Waals surface area contributed by atoms with Crippen LogP contribution in [-0.4, -0.2) is 6.16 Å². The molecule has 0 amide bonds. The van der Waals surface area contributed by atoms with Gasteiger partial charge in [-0.25, -0.2) is 0 Å². The minimum absolute atomic E-state index is 0.992. The van der Waals surface area contributed by atoms with E-state index >= 15 is 0 Å². The van der Waals surface area contributed by atoms with Crippen LogP contribution in [0.1, 0.15) is 5.56 Å². The van der Waals surface area contributed by atoms with E-state index in [0.29, 0.717) is 0 Å². The van der Waals surface area contributed by atoms with Crippen molar-refractivity contribution in [2.45, 2.75) is 6.16 Å². The van der Waals surface area contributed by atoms with Crippen molar-refractivity contribution in [3.05, 3.63) is 48.6 Å². The van der Waals surface area contributed by atoms with Crippen LogP contribution in [0.5, 0.6) is 0 Å². The van der Waals surface area contributed by atoms with Crippen molar-refractivity contribution in [2.75, 3.05) is 6.16 Å². The van der Waals surface area contributed by atoms with Gasteiger partial charge in [0.2, 0.25) is 0 Å². The molecule has 0 nitrogen and oxygen atoms in total. The van der Waals surface area contributed by atoms with Crippen molar-refractivity contribution in [1.29, 1.82) is 0 Å². The molecule has 1 rings (SSSR count). The molecule has 1 aromatic rings. The Morgan fingerprint density at radius 3 is 2.64 bits per heavy atom. The average Bonchev–Trinajstić information content (AvgIpc) is 2.07. The molecule has 0 N–H and O–H groups in total. The zero-order valence-electron chi connectivity index (χ0n) is 6.59. The first kappa shape index (κ1) is 8.49. The van der Waals surface area contributed by atoms with Gasteiger partial charge < -0.3 is 0 Å². The second kappa shape index (κ2) is 5.09. The van der Waals surface area contributed by atoms with Gasteiger partial charge in [-0.3, -0.25) is 0 Å². The molecule has 0 aliphatic heterocycles. The molecule has 11 heavy (non-hydrogen) atoms. The van der Waals surface area contributed by atoms with Crippen LogP contribution in [0, 0.1) is 0 Å². The normalized spacial score (nSPS) is 10.5. The standard InChI is InChI=1S/C10H13P/c1-2-8-11-9-10-6-4-3-5-7-10/h2-7,11H,1,8-9H2. The molecule has 58 valence electrons. The Morgan fingerprint density at radius 1 is 1.27 bits per heavy atom. The van der Waals surface area contributed by atoms with Crippen LogP contribution in [0.3, 0.4) is 0 Å². The Balaban J connectivity index is 2.33. The average molecular weight is 164 g/mol. The van der Waals surface area contributed by atoms with Crippen LogP contribution >= 0.6 is 8.58 Å². The first-order valence-corrected chi connectivity index (χ1v) is 5.20. The molecule has 0 radical (unpaired) electrons. The number of rotatable bonds is 4. The van der Waals surface area contributed by atoms with Gasteiger partial charge in [-0.2, -0.15) is 0 Å². The predicted octanol–water partition coefficient (Wildman–Crippen LogP) is 3.05. The largest absolute Gasteiger partial charge is 0.114 e. The van der Waals surface area contributed by atoms with Gasteiger partial charge in [0.1, 0.15) is 0 Å². The topological polar surface area (TPSA) is 0 Å². The fraction of sp³-hybridized carbons (Fsp3) is 0.200. The molecule has 0 aromatic heterocycles. The van der Waals surface area contributed by atoms with Gasteiger partial charge in [-0.15, -0.1) is 15.2 Å². The van der Waals surface area contributed by atoms with Crippen LogP contribution in [0.2, 0.25) is 0 Å². The Morgan fingerprint density at radius 2 is 2.00 bits per heavy atom. The van der Waals surface area contributed by atoms with Crippen molar-refractivity contribution in [3.63, 3.8) is 0 Å². The Kier molecular flexibility index (Phi) is 3.93. The van der Waals surface area contributed by atoms with E-state index in [1.165, 1.54) is 11.7 Å². The van der Waals surface area contributed by atoms with E-state index in [1.807, 2.05) is 6.08 Å². The van der Waals surface area contributed by atoms with Gasteiger partial charge >= 0.3 is 0 Å². The fourth-order valence-electron chi connectivity index (χ4n) is 0.914. The summed E-state index contributed by atoms with van der Waals surface area (Å²) in [6.07, 6.45) is 4.34. The second-order valence-electron chi connectivity index (χ2n) is 2.41. The Labute approximate surface area is 70.1 Å². The van der Waals surface area contributed by atoms with E-state index in [1.54, 1.807) is 0 Å². The molecule has 1 unspecified atom stereocenters. The first-order chi connectivity index (χ1) is 5.43. The number of hydrogen-bond acceptors (Lipinski definition) is 0. The van der Waals surface area contributed by atoms with E-state index in [9.17, 15) is 0 Å². The van der Waals surface area contributed by atoms with Crippen LogP contribution in [0.15, 0.2) is 43.0 Å². The molecule has 0 heterocycles. The van der Waals surface area contributed by atoms with Crippen LogP contribution in [0.25, 0.3) is 0 Å². The lowest BCUT2D eigenvalue weighted by Gasteiger charge is -1.97. The van der Waals surface area contributed by atoms with Gasteiger partial charge in [0.05, 0.1) is 0 Å². The lowest BCUT2D eigenvalue weighted by molar-refractivity contribution is 1.40. The second-order valence-corrected chi connectivity index (χ2v) is 3.67. The van der Waals surface area contributed by atoms with Gasteiger partial charge in [-0.05, 0) is 17.9 Å². The minimum Gasteiger partial charge on any atom is -0.114 e. The lowest BCUT2D eigenvalue weighted by atomic mass is 10.2. The third-order valence-corrected chi connectivity index (χ3v) is 2.70. The Bertz CT molecular complexity index is 203. The van der Waals surface area contributed by atoms with Crippen molar-refractivity contribution in [3.8, 4) is 0 Å². The summed E-state index contributed by atoms with van der Waals surface area (Å²) in [4.78, 5) is 0. The number of benzene rings is 1. The molecule has 1 aromatic carbocycles. The monoisotopic (exact) mass is 164 g/mol. The molecule has 0 fully saturated rings. The van der Waals surface area contributed by atoms with E-state index in [-0.39, 0.29) is 0 Å². The molecule has 0 aliphatic rings. The third kappa shape index (κ3) is 3.34. The number of hydrogen-bond donors (Lipinski definition) is 0. The maximum atomic E-state index is 3.70. The summed E-state index contributed by atoms with van der Waals surface area (Å²) in [5.41, 5.74) is 1.44. The maximum absolute atomic E-state index is 3.70. The van der Waals surface area contributed by atoms with E-state index in [2.05, 4.69) is 36.9 Å². The fourth-order valence-corrected chi connectivity index (χ4v) is 1.79. The molecule has 1 heteroatoms. The molecule has 0 spiro atoms. The quantitative estimate of drug-likeness (QED) is 0.364. The van der Waals surface area contributed by atoms with E-state index in [0.717, 1.165) is 14.7 Å². The summed E-state index contributed by atoms with van der Waals surface area (Å²) in [5, 5.41) is 0. The molecular weight excluding hydrogens is 151 g/mol. The molecule has 0 saturated carbocycles. The smallest absolute Gasteiger partial charge is 0.00978 e. The van der Waals surface area contributed by atoms with E-state index in [4.69, 9.17) is 0 Å². The van der Waals surface area contributed by atoms with Crippen LogP contribution < -0.4 is 0 Å². The van der Waals surface area contributed by atoms with Crippen molar-refractivity contribution < 1.29 is 0 Å². The van der Waals surface area contributed by atoms with Gasteiger partial charge in [0.25, 0.3) is 0 Å². The third-order valence-electron chi connectivity index (χ3n) is 1.46. The molecule has 0 bridgehead atoms. The zero-order chi connectivity index (χ0) is 7.94. The summed E-state index contributed by atoms with van der Waals surface area (Å²) in [7, 11) is 0.992. The highest BCUT2D eigenvalue weighted by Crippen LogP contribution is 2.17. The highest BCUT2D eigenvalue weighted by atomic mass is 31.1. The van der Waals surface area contributed by atoms with Crippen molar-refractivity contribution >= 4 is 8.58 Å². The highest BCUT2D eigenvalue weighted by Gasteiger charge is 1.87. The summed E-state index contributed by atoms with van der Waals surface area (Å²) in [6, 6.07) is 10.6. The zero-order valence-corrected chi connectivity index (χ0v) is 7.59. The molecule has 0 aliphatic carbocycles. The summed E-state index contributed by atoms with van der Waals surface area (Å²) in [6.45, 7) is 3.70. The summed E-state index contributed by atoms with van der Waals surface area (Å²) < 4.78 is 0. The molecule has 1 atom stereocenters. The minimum atomic E-state index is 0.992. The lowest BCUT2D eigenvalue weighted by Crippen LogP contribution is -1.76. The Hall–Kier alpha value is -0.610. The summed E-state index contributed by atoms with van der Waals surface area (Å²) >= 11 is 0. The number of allylic oxidation sites excluding steroid dienone is 1. The molecule has 0 saturated heterocycles. The van der Waals surface area contributed by atoms with Crippen LogP contribution in [0.4, 0.5) is 0 Å². The molecular formula is C10H13P. The van der Waals surface area contributed by atoms with E-state index < -0.39 is 0 Å². The first-order valence-electron chi connectivity index (χ1n) is 3.79. The van der Waals surface area contributed by atoms with Crippen molar-refractivity contribution in [2.24, 2.45) is 0 Å². The SMILES string of the molecule is C=CCPCc1ccccc1. The van der Waals surface area contributed by atoms with Crippen LogP contribution in [-0.2, 0) is 6.16 Å².